The molecule has 0 fully saturated rings. The van der Waals surface area contributed by atoms with E-state index in [1.807, 2.05) is 39.0 Å². The Morgan fingerprint density at radius 2 is 2.17 bits per heavy atom. The number of hydrogen-bond donors (Lipinski definition) is 1. The molecule has 0 aliphatic heterocycles. The fraction of sp³-hybridized carbons (Fsp3) is 0.562. The average Bonchev–Trinajstić information content (AvgIpc) is 2.68. The van der Waals surface area contributed by atoms with E-state index in [0.717, 1.165) is 18.4 Å². The summed E-state index contributed by atoms with van der Waals surface area (Å²) in [5, 5.41) is 2.54. The number of allylic oxidation sites excluding steroid dienone is 5. The number of carbonyl (C=O) groups excluding carboxylic acids is 1. The van der Waals surface area contributed by atoms with E-state index in [0.29, 0.717) is 5.76 Å². The summed E-state index contributed by atoms with van der Waals surface area (Å²) in [6.07, 6.45) is 7.49. The largest absolute Gasteiger partial charge is 0.464 e. The Kier molecular flexibility index (Phi) is 5.44. The van der Waals surface area contributed by atoms with Crippen LogP contribution in [0.25, 0.3) is 0 Å². The Bertz CT molecular complexity index is 630. The topological polar surface area (TPSA) is 64.6 Å². The first-order valence-electron chi connectivity index (χ1n) is 7.59. The van der Waals surface area contributed by atoms with Crippen LogP contribution in [-0.4, -0.2) is 18.6 Å². The van der Waals surface area contributed by atoms with Gasteiger partial charge in [0.2, 0.25) is 0 Å². The van der Waals surface area contributed by atoms with Crippen molar-refractivity contribution in [2.45, 2.75) is 46.6 Å². The summed E-state index contributed by atoms with van der Waals surface area (Å²) in [6, 6.07) is -0.824. The summed E-state index contributed by atoms with van der Waals surface area (Å²) in [7, 11) is 0. The number of ether oxygens (including phenoxy) is 1. The highest BCUT2D eigenvalue weighted by Crippen LogP contribution is 2.53. The predicted molar refractivity (Wildman–Crippen MR) is 91.0 cm³/mol. The van der Waals surface area contributed by atoms with E-state index in [-0.39, 0.29) is 12.0 Å². The van der Waals surface area contributed by atoms with E-state index in [1.54, 1.807) is 6.92 Å². The predicted octanol–water partition coefficient (Wildman–Crippen LogP) is 4.46. The van der Waals surface area contributed by atoms with Crippen molar-refractivity contribution in [3.8, 4) is 0 Å². The lowest BCUT2D eigenvalue weighted by atomic mass is 9.99. The summed E-state index contributed by atoms with van der Waals surface area (Å²) in [4.78, 5) is 11.9. The van der Waals surface area contributed by atoms with Crippen molar-refractivity contribution in [3.63, 3.8) is 0 Å². The molecule has 1 unspecified atom stereocenters. The van der Waals surface area contributed by atoms with Crippen molar-refractivity contribution in [2.24, 2.45) is 5.41 Å². The summed E-state index contributed by atoms with van der Waals surface area (Å²) < 4.78 is 23.0. The van der Waals surface area contributed by atoms with Crippen LogP contribution in [0.2, 0.25) is 0 Å². The first-order valence-corrected chi connectivity index (χ1v) is 10.1. The molecule has 0 aromatic heterocycles. The molecule has 2 bridgehead atoms. The van der Waals surface area contributed by atoms with Crippen molar-refractivity contribution in [1.82, 2.24) is 5.09 Å². The van der Waals surface area contributed by atoms with Crippen LogP contribution in [0, 0.1) is 5.41 Å². The van der Waals surface area contributed by atoms with Crippen LogP contribution in [0.5, 0.6) is 0 Å². The molecule has 0 radical (unpaired) electrons. The molecule has 5 nitrogen and oxygen atoms in total. The summed E-state index contributed by atoms with van der Waals surface area (Å²) in [5.41, 5.74) is 2.02. The Hall–Kier alpha value is -1.03. The van der Waals surface area contributed by atoms with E-state index in [9.17, 15) is 9.36 Å². The van der Waals surface area contributed by atoms with E-state index in [1.165, 1.54) is 5.57 Å². The maximum Gasteiger partial charge on any atom is 0.409 e. The van der Waals surface area contributed by atoms with Crippen LogP contribution in [0.15, 0.2) is 35.1 Å². The molecule has 2 atom stereocenters. The van der Waals surface area contributed by atoms with Gasteiger partial charge in [0, 0.05) is 11.2 Å². The van der Waals surface area contributed by atoms with Crippen molar-refractivity contribution in [1.29, 1.82) is 0 Å². The van der Waals surface area contributed by atoms with Crippen LogP contribution in [0.4, 0.5) is 0 Å². The molecular weight excluding hydrogens is 337 g/mol. The van der Waals surface area contributed by atoms with Crippen LogP contribution in [0.1, 0.15) is 40.5 Å². The van der Waals surface area contributed by atoms with Crippen molar-refractivity contribution < 1.29 is 18.6 Å². The summed E-state index contributed by atoms with van der Waals surface area (Å²) in [5.74, 6) is 0.000288. The van der Waals surface area contributed by atoms with E-state index >= 15 is 0 Å². The first-order chi connectivity index (χ1) is 10.6. The van der Waals surface area contributed by atoms with E-state index in [4.69, 9.17) is 20.5 Å². The molecule has 128 valence electrons. The number of rotatable bonds is 6. The Morgan fingerprint density at radius 3 is 2.78 bits per heavy atom. The maximum atomic E-state index is 12.4. The van der Waals surface area contributed by atoms with Gasteiger partial charge in [0.25, 0.3) is 0 Å². The second kappa shape index (κ2) is 6.84. The van der Waals surface area contributed by atoms with E-state index < -0.39 is 18.9 Å². The Labute approximate surface area is 142 Å². The molecule has 2 aliphatic carbocycles. The number of halogens is 1. The smallest absolute Gasteiger partial charge is 0.409 e. The maximum absolute atomic E-state index is 12.4. The lowest BCUT2D eigenvalue weighted by Crippen LogP contribution is -2.34. The molecule has 0 spiro atoms. The molecule has 0 saturated heterocycles. The molecule has 0 aromatic rings. The highest BCUT2D eigenvalue weighted by Gasteiger charge is 2.31. The lowest BCUT2D eigenvalue weighted by molar-refractivity contribution is -0.148. The standard InChI is InChI=1S/C16H23ClNO4P/c1-11(15(19)21-10-16(2,3)4)18-23(17,20)22-14-9-12-6-5-7-13(14)8-12/h5,7,9,11H,6,8,10H2,1-4H3,(H,18,20)/t11-,23?/m0/s1. The third-order valence-electron chi connectivity index (χ3n) is 3.33. The third-order valence-corrected chi connectivity index (χ3v) is 4.96. The van der Waals surface area contributed by atoms with Crippen LogP contribution < -0.4 is 5.09 Å². The van der Waals surface area contributed by atoms with Gasteiger partial charge in [0.1, 0.15) is 11.8 Å². The number of carbonyl (C=O) groups is 1. The highest BCUT2D eigenvalue weighted by molar-refractivity contribution is 7.83. The average molecular weight is 360 g/mol. The highest BCUT2D eigenvalue weighted by atomic mass is 35.7. The minimum Gasteiger partial charge on any atom is -0.464 e. The molecule has 1 N–H and O–H groups in total. The molecule has 0 amide bonds. The zero-order valence-electron chi connectivity index (χ0n) is 13.9. The number of nitrogens with one attached hydrogen (secondary N) is 1. The van der Waals surface area contributed by atoms with Gasteiger partial charge < -0.3 is 9.26 Å². The fourth-order valence-electron chi connectivity index (χ4n) is 2.22. The zero-order valence-corrected chi connectivity index (χ0v) is 15.5. The van der Waals surface area contributed by atoms with Gasteiger partial charge in [-0.2, -0.15) is 0 Å². The molecule has 0 heterocycles. The van der Waals surface area contributed by atoms with Gasteiger partial charge in [0.15, 0.2) is 0 Å². The molecule has 23 heavy (non-hydrogen) atoms. The van der Waals surface area contributed by atoms with Crippen LogP contribution in [-0.2, 0) is 18.6 Å². The van der Waals surface area contributed by atoms with Crippen molar-refractivity contribution in [3.05, 3.63) is 35.1 Å². The fourth-order valence-corrected chi connectivity index (χ4v) is 3.93. The van der Waals surface area contributed by atoms with Crippen molar-refractivity contribution >= 4 is 24.1 Å². The Morgan fingerprint density at radius 1 is 1.48 bits per heavy atom. The molecule has 0 aromatic carbocycles. The van der Waals surface area contributed by atoms with E-state index in [2.05, 4.69) is 5.09 Å². The number of hydrogen-bond acceptors (Lipinski definition) is 4. The molecule has 2 rings (SSSR count). The third kappa shape index (κ3) is 5.52. The molecule has 2 aliphatic rings. The SMILES string of the molecule is C[C@H](NP(=O)(Cl)OC1=C2C=CCC(=C1)C2)C(=O)OCC(C)(C)C. The van der Waals surface area contributed by atoms with Crippen LogP contribution in [0.3, 0.4) is 0 Å². The minimum absolute atomic E-state index is 0.136. The van der Waals surface area contributed by atoms with Gasteiger partial charge in [-0.25, -0.2) is 9.65 Å². The van der Waals surface area contributed by atoms with Gasteiger partial charge in [-0.15, -0.1) is 0 Å². The van der Waals surface area contributed by atoms with Gasteiger partial charge in [-0.1, -0.05) is 38.5 Å². The van der Waals surface area contributed by atoms with Crippen LogP contribution >= 0.6 is 18.1 Å². The number of fused-ring (bicyclic) bond motifs is 2. The second-order valence-corrected chi connectivity index (χ2v) is 9.80. The molecule has 0 saturated carbocycles. The van der Waals surface area contributed by atoms with Gasteiger partial charge >= 0.3 is 12.8 Å². The lowest BCUT2D eigenvalue weighted by Gasteiger charge is -2.22. The molecular formula is C16H23ClNO4P. The van der Waals surface area contributed by atoms with Gasteiger partial charge in [-0.3, -0.25) is 4.79 Å². The monoisotopic (exact) mass is 359 g/mol. The second-order valence-electron chi connectivity index (χ2n) is 7.07. The molecule has 7 heteroatoms. The summed E-state index contributed by atoms with van der Waals surface area (Å²) >= 11 is 5.96. The van der Waals surface area contributed by atoms with Gasteiger partial charge in [-0.05, 0) is 36.8 Å². The summed E-state index contributed by atoms with van der Waals surface area (Å²) in [6.45, 7) is 4.02. The normalized spacial score (nSPS) is 20.8. The van der Waals surface area contributed by atoms with Crippen molar-refractivity contribution in [2.75, 3.05) is 6.61 Å². The minimum atomic E-state index is -3.68. The van der Waals surface area contributed by atoms with Gasteiger partial charge in [0.05, 0.1) is 6.61 Å². The quantitative estimate of drug-likeness (QED) is 0.560. The number of esters is 1. The first kappa shape index (κ1) is 18.3. The zero-order chi connectivity index (χ0) is 17.3. The Balaban J connectivity index is 1.92.